The molecular weight excluding hydrogens is 358 g/mol. The zero-order valence-electron chi connectivity index (χ0n) is 12.7. The quantitative estimate of drug-likeness (QED) is 0.873. The number of nitrogens with one attached hydrogen (secondary N) is 1. The first kappa shape index (κ1) is 18.5. The van der Waals surface area contributed by atoms with Crippen molar-refractivity contribution in [2.75, 3.05) is 33.3 Å². The molecule has 0 radical (unpaired) electrons. The molecule has 2 aromatic rings. The number of piperazine rings is 1. The van der Waals surface area contributed by atoms with E-state index >= 15 is 0 Å². The smallest absolute Gasteiger partial charge is 0.126 e. The van der Waals surface area contributed by atoms with Gasteiger partial charge in [-0.25, -0.2) is 4.39 Å². The summed E-state index contributed by atoms with van der Waals surface area (Å²) < 4.78 is 19.7. The van der Waals surface area contributed by atoms with Gasteiger partial charge < -0.3 is 10.1 Å². The van der Waals surface area contributed by atoms with Crippen molar-refractivity contribution in [2.24, 2.45) is 0 Å². The van der Waals surface area contributed by atoms with Gasteiger partial charge in [-0.15, -0.1) is 23.7 Å². The van der Waals surface area contributed by atoms with Gasteiger partial charge in [-0.05, 0) is 18.2 Å². The molecule has 0 unspecified atom stereocenters. The third-order valence-corrected chi connectivity index (χ3v) is 5.15. The molecule has 1 aromatic heterocycles. The molecule has 0 spiro atoms. The number of methoxy groups -OCH3 is 1. The summed E-state index contributed by atoms with van der Waals surface area (Å²) in [6, 6.07) is 8.74. The monoisotopic (exact) mass is 376 g/mol. The van der Waals surface area contributed by atoms with E-state index < -0.39 is 0 Å². The predicted octanol–water partition coefficient (Wildman–Crippen LogP) is 3.97. The highest BCUT2D eigenvalue weighted by Gasteiger charge is 2.27. The Morgan fingerprint density at radius 3 is 2.61 bits per heavy atom. The highest BCUT2D eigenvalue weighted by molar-refractivity contribution is 7.16. The molecule has 3 rings (SSSR count). The van der Waals surface area contributed by atoms with Crippen LogP contribution in [0.3, 0.4) is 0 Å². The molecule has 0 bridgehead atoms. The third kappa shape index (κ3) is 4.17. The summed E-state index contributed by atoms with van der Waals surface area (Å²) in [5.41, 5.74) is 0.976. The normalized spacial score (nSPS) is 16.7. The molecule has 0 saturated carbocycles. The van der Waals surface area contributed by atoms with Gasteiger partial charge in [0.05, 0.1) is 17.5 Å². The van der Waals surface area contributed by atoms with E-state index in [1.807, 2.05) is 18.2 Å². The number of ether oxygens (including phenoxy) is 1. The summed E-state index contributed by atoms with van der Waals surface area (Å²) in [6.07, 6.45) is 0. The van der Waals surface area contributed by atoms with Crippen molar-refractivity contribution in [3.05, 3.63) is 50.9 Å². The summed E-state index contributed by atoms with van der Waals surface area (Å²) >= 11 is 7.69. The summed E-state index contributed by atoms with van der Waals surface area (Å²) in [6.45, 7) is 3.75. The first-order valence-electron chi connectivity index (χ1n) is 7.22. The molecule has 1 atom stereocenters. The Morgan fingerprint density at radius 1 is 1.26 bits per heavy atom. The van der Waals surface area contributed by atoms with Gasteiger partial charge in [0.25, 0.3) is 0 Å². The molecule has 7 heteroatoms. The van der Waals surface area contributed by atoms with E-state index in [4.69, 9.17) is 16.3 Å². The SMILES string of the molecule is COc1cc(F)ccc1[C@@H](c1ccc(Cl)s1)N1CCNCC1.Cl. The van der Waals surface area contributed by atoms with E-state index in [0.29, 0.717) is 5.75 Å². The number of thiophene rings is 1. The van der Waals surface area contributed by atoms with Crippen LogP contribution in [0, 0.1) is 5.82 Å². The van der Waals surface area contributed by atoms with Gasteiger partial charge in [-0.1, -0.05) is 17.7 Å². The molecule has 1 aliphatic rings. The minimum atomic E-state index is -0.288. The number of halogens is 3. The summed E-state index contributed by atoms with van der Waals surface area (Å²) in [5.74, 6) is 0.289. The molecule has 0 aliphatic carbocycles. The van der Waals surface area contributed by atoms with Crippen LogP contribution in [0.5, 0.6) is 5.75 Å². The van der Waals surface area contributed by atoms with Crippen molar-refractivity contribution in [2.45, 2.75) is 6.04 Å². The molecule has 1 fully saturated rings. The predicted molar refractivity (Wildman–Crippen MR) is 95.8 cm³/mol. The molecule has 23 heavy (non-hydrogen) atoms. The second kappa shape index (κ2) is 8.31. The maximum Gasteiger partial charge on any atom is 0.126 e. The first-order valence-corrected chi connectivity index (χ1v) is 8.42. The number of rotatable bonds is 4. The van der Waals surface area contributed by atoms with Crippen LogP contribution in [0.15, 0.2) is 30.3 Å². The lowest BCUT2D eigenvalue weighted by atomic mass is 10.0. The van der Waals surface area contributed by atoms with Crippen molar-refractivity contribution >= 4 is 35.3 Å². The number of nitrogens with zero attached hydrogens (tertiary/aromatic N) is 1. The number of benzene rings is 1. The Hall–Kier alpha value is -0.850. The highest BCUT2D eigenvalue weighted by atomic mass is 35.5. The Morgan fingerprint density at radius 2 is 2.00 bits per heavy atom. The Bertz CT molecular complexity index is 647. The summed E-state index contributed by atoms with van der Waals surface area (Å²) in [7, 11) is 1.58. The minimum Gasteiger partial charge on any atom is -0.496 e. The van der Waals surface area contributed by atoms with Crippen LogP contribution in [0.4, 0.5) is 4.39 Å². The van der Waals surface area contributed by atoms with Crippen molar-refractivity contribution < 1.29 is 9.13 Å². The van der Waals surface area contributed by atoms with Gasteiger partial charge in [0.15, 0.2) is 0 Å². The van der Waals surface area contributed by atoms with Crippen LogP contribution >= 0.6 is 35.3 Å². The lowest BCUT2D eigenvalue weighted by Gasteiger charge is -2.35. The molecule has 1 aliphatic heterocycles. The average Bonchev–Trinajstić information content (AvgIpc) is 2.96. The molecule has 126 valence electrons. The van der Waals surface area contributed by atoms with Crippen LogP contribution in [-0.2, 0) is 0 Å². The number of hydrogen-bond acceptors (Lipinski definition) is 4. The lowest BCUT2D eigenvalue weighted by Crippen LogP contribution is -2.45. The fourth-order valence-corrected chi connectivity index (χ4v) is 4.07. The molecule has 1 N–H and O–H groups in total. The highest BCUT2D eigenvalue weighted by Crippen LogP contribution is 2.39. The second-order valence-corrected chi connectivity index (χ2v) is 6.96. The van der Waals surface area contributed by atoms with Crippen LogP contribution in [-0.4, -0.2) is 38.2 Å². The van der Waals surface area contributed by atoms with Crippen LogP contribution in [0.1, 0.15) is 16.5 Å². The molecule has 1 saturated heterocycles. The molecule has 2 heterocycles. The van der Waals surface area contributed by atoms with Crippen LogP contribution < -0.4 is 10.1 Å². The van der Waals surface area contributed by atoms with E-state index in [1.54, 1.807) is 18.4 Å². The van der Waals surface area contributed by atoms with Gasteiger partial charge in [-0.2, -0.15) is 0 Å². The largest absolute Gasteiger partial charge is 0.496 e. The fourth-order valence-electron chi connectivity index (χ4n) is 2.86. The maximum absolute atomic E-state index is 13.5. The molecular formula is C16H19Cl2FN2OS. The number of hydrogen-bond donors (Lipinski definition) is 1. The Labute approximate surface area is 150 Å². The lowest BCUT2D eigenvalue weighted by molar-refractivity contribution is 0.197. The van der Waals surface area contributed by atoms with Gasteiger partial charge in [-0.3, -0.25) is 4.90 Å². The molecule has 3 nitrogen and oxygen atoms in total. The van der Waals surface area contributed by atoms with E-state index in [1.165, 1.54) is 12.1 Å². The third-order valence-electron chi connectivity index (χ3n) is 3.87. The Balaban J connectivity index is 0.00000192. The van der Waals surface area contributed by atoms with Gasteiger partial charge in [0.2, 0.25) is 0 Å². The van der Waals surface area contributed by atoms with Crippen molar-refractivity contribution in [1.82, 2.24) is 10.2 Å². The Kier molecular flexibility index (Phi) is 6.68. The summed E-state index contributed by atoms with van der Waals surface area (Å²) in [4.78, 5) is 3.53. The van der Waals surface area contributed by atoms with Crippen LogP contribution in [0.25, 0.3) is 0 Å². The van der Waals surface area contributed by atoms with Crippen LogP contribution in [0.2, 0.25) is 4.34 Å². The van der Waals surface area contributed by atoms with Gasteiger partial charge in [0.1, 0.15) is 11.6 Å². The van der Waals surface area contributed by atoms with E-state index in [0.717, 1.165) is 41.0 Å². The van der Waals surface area contributed by atoms with E-state index in [9.17, 15) is 4.39 Å². The van der Waals surface area contributed by atoms with E-state index in [2.05, 4.69) is 10.2 Å². The maximum atomic E-state index is 13.5. The summed E-state index contributed by atoms with van der Waals surface area (Å²) in [5, 5.41) is 3.36. The minimum absolute atomic E-state index is 0. The van der Waals surface area contributed by atoms with Gasteiger partial charge >= 0.3 is 0 Å². The average molecular weight is 377 g/mol. The fraction of sp³-hybridized carbons (Fsp3) is 0.375. The molecule has 1 aromatic carbocycles. The zero-order chi connectivity index (χ0) is 15.5. The van der Waals surface area contributed by atoms with Gasteiger partial charge in [0, 0.05) is 42.7 Å². The standard InChI is InChI=1S/C16H18ClFN2OS.ClH/c1-21-13-10-11(18)2-3-12(13)16(14-4-5-15(17)22-14)20-8-6-19-7-9-20;/h2-5,10,16,19H,6-9H2,1H3;1H/t16-;/m0./s1. The first-order chi connectivity index (χ1) is 10.7. The second-order valence-electron chi connectivity index (χ2n) is 5.22. The van der Waals surface area contributed by atoms with Crippen molar-refractivity contribution in [3.63, 3.8) is 0 Å². The zero-order valence-corrected chi connectivity index (χ0v) is 15.1. The van der Waals surface area contributed by atoms with E-state index in [-0.39, 0.29) is 24.3 Å². The molecule has 0 amide bonds. The van der Waals surface area contributed by atoms with Crippen molar-refractivity contribution in [3.8, 4) is 5.75 Å². The topological polar surface area (TPSA) is 24.5 Å². The van der Waals surface area contributed by atoms with Crippen molar-refractivity contribution in [1.29, 1.82) is 0 Å².